The quantitative estimate of drug-likeness (QED) is 0.624. The molecule has 0 radical (unpaired) electrons. The molecule has 1 aliphatic rings. The summed E-state index contributed by atoms with van der Waals surface area (Å²) >= 11 is 0. The molecule has 0 saturated carbocycles. The van der Waals surface area contributed by atoms with Crippen LogP contribution < -0.4 is 0 Å². The minimum absolute atomic E-state index is 0.574. The Hall–Kier alpha value is 0.700. The van der Waals surface area contributed by atoms with Crippen molar-refractivity contribution < 1.29 is 0 Å². The molecule has 0 nitrogen and oxygen atoms in total. The molecule has 0 spiro atoms. The summed E-state index contributed by atoms with van der Waals surface area (Å²) in [7, 11) is 4.18. The molecule has 0 amide bonds. The Labute approximate surface area is 84.7 Å². The van der Waals surface area contributed by atoms with Gasteiger partial charge in [-0.1, -0.05) is 55.2 Å². The zero-order valence-corrected chi connectivity index (χ0v) is 10.1. The fourth-order valence-electron chi connectivity index (χ4n) is 1.65. The summed E-state index contributed by atoms with van der Waals surface area (Å²) < 4.78 is 0. The van der Waals surface area contributed by atoms with Gasteiger partial charge in [0.2, 0.25) is 0 Å². The van der Waals surface area contributed by atoms with Crippen LogP contribution in [-0.4, -0.2) is 11.0 Å². The lowest BCUT2D eigenvalue weighted by atomic mass is 9.82. The van der Waals surface area contributed by atoms with E-state index < -0.39 is 0 Å². The Balaban J connectivity index is 2.34. The molecule has 0 bridgehead atoms. The zero-order valence-electron chi connectivity index (χ0n) is 8.43. The van der Waals surface area contributed by atoms with E-state index in [1.807, 2.05) is 0 Å². The molecule has 0 aliphatic carbocycles. The van der Waals surface area contributed by atoms with Gasteiger partial charge in [0.1, 0.15) is 0 Å². The average Bonchev–Trinajstić information content (AvgIpc) is 2.53. The molecule has 1 unspecified atom stereocenters. The van der Waals surface area contributed by atoms with Crippen LogP contribution in [0.4, 0.5) is 0 Å². The highest BCUT2D eigenvalue weighted by Gasteiger charge is 2.32. The van der Waals surface area contributed by atoms with E-state index in [9.17, 15) is 0 Å². The Morgan fingerprint density at radius 2 is 2.17 bits per heavy atom. The highest BCUT2D eigenvalue weighted by Crippen LogP contribution is 2.48. The van der Waals surface area contributed by atoms with E-state index in [-0.39, 0.29) is 0 Å². The topological polar surface area (TPSA) is 0 Å². The molecule has 0 N–H and O–H groups in total. The first-order chi connectivity index (χ1) is 5.67. The van der Waals surface area contributed by atoms with Crippen LogP contribution in [0, 0.1) is 5.41 Å². The van der Waals surface area contributed by atoms with Crippen LogP contribution >= 0.6 is 21.6 Å². The van der Waals surface area contributed by atoms with Gasteiger partial charge < -0.3 is 0 Å². The minimum atomic E-state index is 0.574. The predicted molar refractivity (Wildman–Crippen MR) is 61.8 cm³/mol. The molecule has 0 aromatic rings. The molecular weight excluding hydrogens is 184 g/mol. The molecule has 2 heteroatoms. The van der Waals surface area contributed by atoms with E-state index >= 15 is 0 Å². The molecule has 72 valence electrons. The molecule has 1 atom stereocenters. The van der Waals surface area contributed by atoms with Crippen LogP contribution in [0.3, 0.4) is 0 Å². The largest absolute Gasteiger partial charge is 0.0938 e. The number of rotatable bonds is 4. The summed E-state index contributed by atoms with van der Waals surface area (Å²) in [4.78, 5) is 0. The second-order valence-electron chi connectivity index (χ2n) is 4.29. The normalized spacial score (nSPS) is 24.8. The van der Waals surface area contributed by atoms with Gasteiger partial charge in [-0.05, 0) is 18.3 Å². The Kier molecular flexibility index (Phi) is 4.31. The maximum atomic E-state index is 2.44. The smallest absolute Gasteiger partial charge is 0.0210 e. The first-order valence-corrected chi connectivity index (χ1v) is 7.33. The van der Waals surface area contributed by atoms with Gasteiger partial charge in [0, 0.05) is 11.0 Å². The molecule has 1 fully saturated rings. The van der Waals surface area contributed by atoms with E-state index in [1.165, 1.54) is 31.4 Å². The van der Waals surface area contributed by atoms with Gasteiger partial charge in [0.15, 0.2) is 0 Å². The fourth-order valence-corrected chi connectivity index (χ4v) is 5.12. The highest BCUT2D eigenvalue weighted by molar-refractivity contribution is 8.77. The predicted octanol–water partition coefficient (Wildman–Crippen LogP) is 4.36. The SMILES string of the molecule is CCCCC(C)(C)C1CCSS1. The van der Waals surface area contributed by atoms with Crippen LogP contribution in [0.2, 0.25) is 0 Å². The number of hydrogen-bond acceptors (Lipinski definition) is 2. The van der Waals surface area contributed by atoms with Crippen molar-refractivity contribution in [2.75, 3.05) is 5.75 Å². The first kappa shape index (κ1) is 10.8. The summed E-state index contributed by atoms with van der Waals surface area (Å²) in [5.41, 5.74) is 0.574. The van der Waals surface area contributed by atoms with Gasteiger partial charge >= 0.3 is 0 Å². The van der Waals surface area contributed by atoms with Gasteiger partial charge in [-0.15, -0.1) is 0 Å². The highest BCUT2D eigenvalue weighted by atomic mass is 33.1. The summed E-state index contributed by atoms with van der Waals surface area (Å²) in [6, 6.07) is 0. The molecule has 0 aromatic heterocycles. The van der Waals surface area contributed by atoms with E-state index in [0.29, 0.717) is 5.41 Å². The van der Waals surface area contributed by atoms with Crippen LogP contribution in [0.5, 0.6) is 0 Å². The Bertz CT molecular complexity index is 126. The van der Waals surface area contributed by atoms with Crippen LogP contribution in [0.15, 0.2) is 0 Å². The van der Waals surface area contributed by atoms with Crippen LogP contribution in [-0.2, 0) is 0 Å². The van der Waals surface area contributed by atoms with Crippen molar-refractivity contribution in [3.8, 4) is 0 Å². The molecule has 1 rings (SSSR count). The van der Waals surface area contributed by atoms with Gasteiger partial charge in [-0.3, -0.25) is 0 Å². The van der Waals surface area contributed by atoms with Crippen molar-refractivity contribution in [1.82, 2.24) is 0 Å². The molecular formula is C10H20S2. The van der Waals surface area contributed by atoms with Crippen molar-refractivity contribution in [1.29, 1.82) is 0 Å². The molecule has 1 aliphatic heterocycles. The van der Waals surface area contributed by atoms with Crippen LogP contribution in [0.25, 0.3) is 0 Å². The second kappa shape index (κ2) is 4.80. The maximum Gasteiger partial charge on any atom is 0.0210 e. The molecule has 1 saturated heterocycles. The summed E-state index contributed by atoms with van der Waals surface area (Å²) in [5, 5.41) is 0.911. The van der Waals surface area contributed by atoms with Gasteiger partial charge in [-0.2, -0.15) is 0 Å². The third kappa shape index (κ3) is 2.88. The van der Waals surface area contributed by atoms with Gasteiger partial charge in [0.05, 0.1) is 0 Å². The summed E-state index contributed by atoms with van der Waals surface area (Å²) in [6.45, 7) is 7.16. The van der Waals surface area contributed by atoms with Crippen molar-refractivity contribution in [3.05, 3.63) is 0 Å². The lowest BCUT2D eigenvalue weighted by Gasteiger charge is -2.30. The van der Waals surface area contributed by atoms with E-state index in [1.54, 1.807) is 0 Å². The lowest BCUT2D eigenvalue weighted by Crippen LogP contribution is -2.24. The monoisotopic (exact) mass is 204 g/mol. The summed E-state index contributed by atoms with van der Waals surface area (Å²) in [5.74, 6) is 1.37. The van der Waals surface area contributed by atoms with E-state index in [2.05, 4.69) is 42.4 Å². The summed E-state index contributed by atoms with van der Waals surface area (Å²) in [6.07, 6.45) is 5.57. The van der Waals surface area contributed by atoms with E-state index in [0.717, 1.165) is 5.25 Å². The molecule has 1 heterocycles. The maximum absolute atomic E-state index is 2.44. The Morgan fingerprint density at radius 3 is 2.67 bits per heavy atom. The number of unbranched alkanes of at least 4 members (excludes halogenated alkanes) is 1. The standard InChI is InChI=1S/C10H20S2/c1-4-5-7-10(2,3)9-6-8-11-12-9/h9H,4-8H2,1-3H3. The van der Waals surface area contributed by atoms with Crippen LogP contribution in [0.1, 0.15) is 46.5 Å². The molecule has 12 heavy (non-hydrogen) atoms. The van der Waals surface area contributed by atoms with E-state index in [4.69, 9.17) is 0 Å². The third-order valence-electron chi connectivity index (χ3n) is 2.69. The Morgan fingerprint density at radius 1 is 1.42 bits per heavy atom. The third-order valence-corrected chi connectivity index (χ3v) is 5.94. The van der Waals surface area contributed by atoms with Gasteiger partial charge in [0.25, 0.3) is 0 Å². The van der Waals surface area contributed by atoms with Crippen molar-refractivity contribution >= 4 is 21.6 Å². The van der Waals surface area contributed by atoms with Crippen molar-refractivity contribution in [3.63, 3.8) is 0 Å². The number of hydrogen-bond donors (Lipinski definition) is 0. The zero-order chi connectivity index (χ0) is 9.03. The fraction of sp³-hybridized carbons (Fsp3) is 1.00. The van der Waals surface area contributed by atoms with Crippen molar-refractivity contribution in [2.45, 2.75) is 51.7 Å². The van der Waals surface area contributed by atoms with Crippen molar-refractivity contribution in [2.24, 2.45) is 5.41 Å². The molecule has 0 aromatic carbocycles. The minimum Gasteiger partial charge on any atom is -0.0938 e. The van der Waals surface area contributed by atoms with Gasteiger partial charge in [-0.25, -0.2) is 0 Å². The average molecular weight is 204 g/mol. The second-order valence-corrected chi connectivity index (χ2v) is 6.98. The lowest BCUT2D eigenvalue weighted by molar-refractivity contribution is 0.309. The first-order valence-electron chi connectivity index (χ1n) is 4.95.